The Bertz CT molecular complexity index is 809. The number of carbonyl (C=O) groups excluding carboxylic acids is 1. The van der Waals surface area contributed by atoms with Crippen LogP contribution in [0.3, 0.4) is 0 Å². The lowest BCUT2D eigenvalue weighted by Gasteiger charge is -2.06. The number of nitrogens with zero attached hydrogens (tertiary/aromatic N) is 1. The number of rotatable bonds is 11. The number of aromatic nitrogens is 1. The van der Waals surface area contributed by atoms with Gasteiger partial charge in [-0.15, -0.1) is 0 Å². The summed E-state index contributed by atoms with van der Waals surface area (Å²) in [5.74, 6) is 1.14. The van der Waals surface area contributed by atoms with Crippen molar-refractivity contribution in [3.05, 3.63) is 60.2 Å². The minimum atomic E-state index is -0.0182. The number of nitrogens with one attached hydrogen (secondary N) is 1. The van der Waals surface area contributed by atoms with E-state index in [4.69, 9.17) is 4.74 Å². The highest BCUT2D eigenvalue weighted by Gasteiger charge is 1.99. The second kappa shape index (κ2) is 12.0. The SMILES string of the molecule is CC(/C=C/CCCCCOc1ccc2ccccc2n1)=C\C(=O)NCC(C)C. The van der Waals surface area contributed by atoms with Crippen molar-refractivity contribution in [2.75, 3.05) is 13.2 Å². The van der Waals surface area contributed by atoms with E-state index in [1.807, 2.05) is 43.3 Å². The smallest absolute Gasteiger partial charge is 0.244 e. The van der Waals surface area contributed by atoms with E-state index < -0.39 is 0 Å². The molecule has 0 aliphatic rings. The summed E-state index contributed by atoms with van der Waals surface area (Å²) in [6.07, 6.45) is 10.0. The molecule has 1 N–H and O–H groups in total. The fourth-order valence-electron chi connectivity index (χ4n) is 2.73. The Morgan fingerprint density at radius 2 is 1.96 bits per heavy atom. The molecule has 4 nitrogen and oxygen atoms in total. The lowest BCUT2D eigenvalue weighted by molar-refractivity contribution is -0.116. The molecule has 0 saturated heterocycles. The molecule has 150 valence electrons. The van der Waals surface area contributed by atoms with Crippen LogP contribution in [0.15, 0.2) is 60.2 Å². The lowest BCUT2D eigenvalue weighted by atomic mass is 10.1. The van der Waals surface area contributed by atoms with Crippen molar-refractivity contribution >= 4 is 16.8 Å². The van der Waals surface area contributed by atoms with Crippen molar-refractivity contribution in [1.29, 1.82) is 0 Å². The first kappa shape index (κ1) is 21.7. The van der Waals surface area contributed by atoms with Gasteiger partial charge >= 0.3 is 0 Å². The molecule has 2 rings (SSSR count). The fourth-order valence-corrected chi connectivity index (χ4v) is 2.73. The van der Waals surface area contributed by atoms with Crippen LogP contribution in [0.4, 0.5) is 0 Å². The predicted molar refractivity (Wildman–Crippen MR) is 116 cm³/mol. The number of hydrogen-bond donors (Lipinski definition) is 1. The highest BCUT2D eigenvalue weighted by atomic mass is 16.5. The van der Waals surface area contributed by atoms with E-state index in [0.717, 1.165) is 42.2 Å². The summed E-state index contributed by atoms with van der Waals surface area (Å²) >= 11 is 0. The van der Waals surface area contributed by atoms with Gasteiger partial charge < -0.3 is 10.1 Å². The Balaban J connectivity index is 1.58. The monoisotopic (exact) mass is 380 g/mol. The minimum Gasteiger partial charge on any atom is -0.478 e. The molecule has 1 aromatic heterocycles. The van der Waals surface area contributed by atoms with E-state index in [9.17, 15) is 4.79 Å². The van der Waals surface area contributed by atoms with Crippen LogP contribution >= 0.6 is 0 Å². The largest absolute Gasteiger partial charge is 0.478 e. The van der Waals surface area contributed by atoms with Crippen LogP contribution in [0.1, 0.15) is 46.5 Å². The molecule has 0 atom stereocenters. The number of ether oxygens (including phenoxy) is 1. The van der Waals surface area contributed by atoms with Crippen molar-refractivity contribution in [3.8, 4) is 5.88 Å². The fraction of sp³-hybridized carbons (Fsp3) is 0.417. The average molecular weight is 381 g/mol. The highest BCUT2D eigenvalue weighted by molar-refractivity contribution is 5.88. The van der Waals surface area contributed by atoms with Gasteiger partial charge in [0.25, 0.3) is 0 Å². The Labute approximate surface area is 168 Å². The first-order valence-electron chi connectivity index (χ1n) is 10.2. The maximum atomic E-state index is 11.7. The van der Waals surface area contributed by atoms with E-state index >= 15 is 0 Å². The molecule has 28 heavy (non-hydrogen) atoms. The lowest BCUT2D eigenvalue weighted by Crippen LogP contribution is -2.25. The quantitative estimate of drug-likeness (QED) is 0.320. The molecule has 0 bridgehead atoms. The molecule has 0 unspecified atom stereocenters. The van der Waals surface area contributed by atoms with Crippen LogP contribution < -0.4 is 10.1 Å². The number of unbranched alkanes of at least 4 members (excludes halogenated alkanes) is 3. The van der Waals surface area contributed by atoms with E-state index in [2.05, 4.69) is 36.3 Å². The van der Waals surface area contributed by atoms with Crippen molar-refractivity contribution in [2.24, 2.45) is 5.92 Å². The van der Waals surface area contributed by atoms with Gasteiger partial charge in [0.1, 0.15) is 0 Å². The van der Waals surface area contributed by atoms with E-state index in [1.165, 1.54) is 0 Å². The number of amides is 1. The Hall–Kier alpha value is -2.62. The van der Waals surface area contributed by atoms with Crippen molar-refractivity contribution in [2.45, 2.75) is 46.5 Å². The third-order valence-electron chi connectivity index (χ3n) is 4.26. The average Bonchev–Trinajstić information content (AvgIpc) is 2.68. The molecule has 0 radical (unpaired) electrons. The first-order valence-corrected chi connectivity index (χ1v) is 10.2. The van der Waals surface area contributed by atoms with Gasteiger partial charge in [0.2, 0.25) is 11.8 Å². The Morgan fingerprint density at radius 1 is 1.14 bits per heavy atom. The van der Waals surface area contributed by atoms with Gasteiger partial charge in [0, 0.05) is 24.1 Å². The molecule has 0 fully saturated rings. The van der Waals surface area contributed by atoms with Gasteiger partial charge in [0.05, 0.1) is 12.1 Å². The molecule has 0 spiro atoms. The molecule has 0 aliphatic carbocycles. The summed E-state index contributed by atoms with van der Waals surface area (Å²) in [4.78, 5) is 16.2. The Kier molecular flexibility index (Phi) is 9.26. The van der Waals surface area contributed by atoms with Crippen molar-refractivity contribution in [1.82, 2.24) is 10.3 Å². The number of para-hydroxylation sites is 1. The third kappa shape index (κ3) is 8.38. The second-order valence-electron chi connectivity index (χ2n) is 7.47. The summed E-state index contributed by atoms with van der Waals surface area (Å²) in [6, 6.07) is 12.0. The first-order chi connectivity index (χ1) is 13.5. The van der Waals surface area contributed by atoms with E-state index in [1.54, 1.807) is 6.08 Å². The Morgan fingerprint density at radius 3 is 2.79 bits per heavy atom. The maximum Gasteiger partial charge on any atom is 0.244 e. The molecule has 0 aliphatic heterocycles. The normalized spacial score (nSPS) is 12.1. The second-order valence-corrected chi connectivity index (χ2v) is 7.47. The molecule has 1 amide bonds. The van der Waals surface area contributed by atoms with Gasteiger partial charge in [-0.3, -0.25) is 4.79 Å². The van der Waals surface area contributed by atoms with Gasteiger partial charge in [-0.05, 0) is 56.2 Å². The van der Waals surface area contributed by atoms with Gasteiger partial charge in [0.15, 0.2) is 0 Å². The van der Waals surface area contributed by atoms with Crippen LogP contribution in [0.5, 0.6) is 5.88 Å². The number of pyridine rings is 1. The zero-order valence-corrected chi connectivity index (χ0v) is 17.3. The number of carbonyl (C=O) groups is 1. The van der Waals surface area contributed by atoms with Crippen LogP contribution in [-0.4, -0.2) is 24.0 Å². The minimum absolute atomic E-state index is 0.0182. The van der Waals surface area contributed by atoms with Crippen LogP contribution in [0.2, 0.25) is 0 Å². The standard InChI is InChI=1S/C24H32N2O2/c1-19(2)18-25-23(27)17-20(3)11-7-5-4-6-10-16-28-24-15-14-21-12-8-9-13-22(21)26-24/h7-9,11-15,17,19H,4-6,10,16,18H2,1-3H3,(H,25,27)/b11-7+,20-17+. The number of benzene rings is 1. The summed E-state index contributed by atoms with van der Waals surface area (Å²) in [5, 5.41) is 4.02. The zero-order chi connectivity index (χ0) is 20.2. The molecule has 4 heteroatoms. The highest BCUT2D eigenvalue weighted by Crippen LogP contribution is 2.16. The number of fused-ring (bicyclic) bond motifs is 1. The molecular formula is C24H32N2O2. The third-order valence-corrected chi connectivity index (χ3v) is 4.26. The maximum absolute atomic E-state index is 11.7. The van der Waals surface area contributed by atoms with E-state index in [-0.39, 0.29) is 5.91 Å². The van der Waals surface area contributed by atoms with Crippen molar-refractivity contribution < 1.29 is 9.53 Å². The summed E-state index contributed by atoms with van der Waals surface area (Å²) in [6.45, 7) is 7.52. The van der Waals surface area contributed by atoms with Gasteiger partial charge in [-0.1, -0.05) is 44.2 Å². The zero-order valence-electron chi connectivity index (χ0n) is 17.3. The molecule has 0 saturated carbocycles. The summed E-state index contributed by atoms with van der Waals surface area (Å²) in [7, 11) is 0. The molecule has 1 heterocycles. The molecule has 1 aromatic carbocycles. The van der Waals surface area contributed by atoms with Crippen molar-refractivity contribution in [3.63, 3.8) is 0 Å². The van der Waals surface area contributed by atoms with Gasteiger partial charge in [-0.2, -0.15) is 0 Å². The van der Waals surface area contributed by atoms with Crippen LogP contribution in [0.25, 0.3) is 10.9 Å². The topological polar surface area (TPSA) is 51.2 Å². The summed E-state index contributed by atoms with van der Waals surface area (Å²) in [5.41, 5.74) is 1.94. The van der Waals surface area contributed by atoms with E-state index in [0.29, 0.717) is 24.9 Å². The summed E-state index contributed by atoms with van der Waals surface area (Å²) < 4.78 is 5.76. The van der Waals surface area contributed by atoms with Crippen LogP contribution in [0, 0.1) is 5.92 Å². The molecular weight excluding hydrogens is 348 g/mol. The molecule has 2 aromatic rings. The number of hydrogen-bond acceptors (Lipinski definition) is 3. The predicted octanol–water partition coefficient (Wildman–Crippen LogP) is 5.45. The van der Waals surface area contributed by atoms with Gasteiger partial charge in [-0.25, -0.2) is 4.98 Å². The number of allylic oxidation sites excluding steroid dienone is 3. The van der Waals surface area contributed by atoms with Crippen LogP contribution in [-0.2, 0) is 4.79 Å².